The van der Waals surface area contributed by atoms with Crippen LogP contribution in [0.5, 0.6) is 0 Å². The van der Waals surface area contributed by atoms with Crippen molar-refractivity contribution < 1.29 is 4.79 Å². The van der Waals surface area contributed by atoms with Crippen LogP contribution in [0, 0.1) is 12.8 Å². The molecule has 0 aromatic heterocycles. The number of rotatable bonds is 3. The smallest absolute Gasteiger partial charge is 0.231 e. The Balaban J connectivity index is 0.00000162. The van der Waals surface area contributed by atoms with E-state index in [0.29, 0.717) is 0 Å². The number of benzene rings is 1. The number of hydrogen-bond acceptors (Lipinski definition) is 2. The zero-order valence-electron chi connectivity index (χ0n) is 11.0. The third-order valence-corrected chi connectivity index (χ3v) is 3.34. The van der Waals surface area contributed by atoms with E-state index in [9.17, 15) is 4.79 Å². The minimum Gasteiger partial charge on any atom is -0.316 e. The zero-order valence-corrected chi connectivity index (χ0v) is 11.8. The minimum atomic E-state index is 0. The van der Waals surface area contributed by atoms with Crippen LogP contribution in [0.4, 0.5) is 5.69 Å². The molecule has 1 saturated heterocycles. The molecule has 100 valence electrons. The van der Waals surface area contributed by atoms with Crippen LogP contribution in [0.2, 0.25) is 0 Å². The zero-order chi connectivity index (χ0) is 12.3. The molecule has 1 heterocycles. The molecule has 1 aromatic carbocycles. The predicted octanol–water partition coefficient (Wildman–Crippen LogP) is 2.38. The molecule has 0 aliphatic carbocycles. The second-order valence-electron chi connectivity index (χ2n) is 4.61. The van der Waals surface area contributed by atoms with Crippen LogP contribution in [0.25, 0.3) is 0 Å². The van der Waals surface area contributed by atoms with Gasteiger partial charge in [0, 0.05) is 18.8 Å². The Hall–Kier alpha value is -1.06. The van der Waals surface area contributed by atoms with Crippen molar-refractivity contribution in [3.8, 4) is 0 Å². The maximum atomic E-state index is 12.3. The topological polar surface area (TPSA) is 32.3 Å². The van der Waals surface area contributed by atoms with Gasteiger partial charge in [-0.1, -0.05) is 17.7 Å². The molecule has 1 unspecified atom stereocenters. The summed E-state index contributed by atoms with van der Waals surface area (Å²) in [6.07, 6.45) is 0.960. The van der Waals surface area contributed by atoms with Crippen LogP contribution in [0.15, 0.2) is 24.3 Å². The van der Waals surface area contributed by atoms with Crippen molar-refractivity contribution in [1.82, 2.24) is 5.32 Å². The molecule has 2 rings (SSSR count). The van der Waals surface area contributed by atoms with Crippen molar-refractivity contribution in [2.24, 2.45) is 5.92 Å². The van der Waals surface area contributed by atoms with Gasteiger partial charge in [0.05, 0.1) is 5.92 Å². The molecule has 18 heavy (non-hydrogen) atoms. The Kier molecular flexibility index (Phi) is 5.63. The SMILES string of the molecule is CCN(C(=O)C1CCNC1)c1ccc(C)cc1.Cl. The largest absolute Gasteiger partial charge is 0.316 e. The van der Waals surface area contributed by atoms with E-state index in [4.69, 9.17) is 0 Å². The molecule has 1 aliphatic rings. The van der Waals surface area contributed by atoms with Gasteiger partial charge in [-0.15, -0.1) is 12.4 Å². The molecule has 1 N–H and O–H groups in total. The Bertz CT molecular complexity index is 385. The monoisotopic (exact) mass is 268 g/mol. The van der Waals surface area contributed by atoms with E-state index in [1.807, 2.05) is 24.0 Å². The fourth-order valence-corrected chi connectivity index (χ4v) is 2.28. The van der Waals surface area contributed by atoms with Crippen molar-refractivity contribution in [3.05, 3.63) is 29.8 Å². The van der Waals surface area contributed by atoms with Crippen LogP contribution in [-0.4, -0.2) is 25.5 Å². The molecule has 0 spiro atoms. The van der Waals surface area contributed by atoms with E-state index in [1.54, 1.807) is 0 Å². The summed E-state index contributed by atoms with van der Waals surface area (Å²) in [5.41, 5.74) is 2.23. The van der Waals surface area contributed by atoms with Crippen LogP contribution in [0.1, 0.15) is 18.9 Å². The Morgan fingerprint density at radius 3 is 2.56 bits per heavy atom. The average molecular weight is 269 g/mol. The number of hydrogen-bond donors (Lipinski definition) is 1. The molecule has 0 bridgehead atoms. The minimum absolute atomic E-state index is 0. The molecule has 1 aliphatic heterocycles. The van der Waals surface area contributed by atoms with Gasteiger partial charge in [0.25, 0.3) is 0 Å². The van der Waals surface area contributed by atoms with Crippen LogP contribution < -0.4 is 10.2 Å². The van der Waals surface area contributed by atoms with Gasteiger partial charge in [0.15, 0.2) is 0 Å². The van der Waals surface area contributed by atoms with Crippen LogP contribution >= 0.6 is 12.4 Å². The maximum Gasteiger partial charge on any atom is 0.231 e. The van der Waals surface area contributed by atoms with Crippen molar-refractivity contribution in [1.29, 1.82) is 0 Å². The summed E-state index contributed by atoms with van der Waals surface area (Å²) < 4.78 is 0. The maximum absolute atomic E-state index is 12.3. The Morgan fingerprint density at radius 1 is 1.39 bits per heavy atom. The van der Waals surface area contributed by atoms with Crippen LogP contribution in [-0.2, 0) is 4.79 Å². The first-order chi connectivity index (χ1) is 8.22. The second kappa shape index (κ2) is 6.76. The second-order valence-corrected chi connectivity index (χ2v) is 4.61. The lowest BCUT2D eigenvalue weighted by Gasteiger charge is -2.24. The molecule has 1 fully saturated rings. The van der Waals surface area contributed by atoms with Crippen molar-refractivity contribution in [3.63, 3.8) is 0 Å². The number of aryl methyl sites for hydroxylation is 1. The van der Waals surface area contributed by atoms with Crippen molar-refractivity contribution >= 4 is 24.0 Å². The third kappa shape index (κ3) is 3.24. The van der Waals surface area contributed by atoms with Gasteiger partial charge >= 0.3 is 0 Å². The highest BCUT2D eigenvalue weighted by molar-refractivity contribution is 5.95. The van der Waals surface area contributed by atoms with E-state index in [-0.39, 0.29) is 24.2 Å². The molecule has 4 heteroatoms. The number of nitrogens with zero attached hydrogens (tertiary/aromatic N) is 1. The first-order valence-corrected chi connectivity index (χ1v) is 6.31. The van der Waals surface area contributed by atoms with E-state index < -0.39 is 0 Å². The number of nitrogens with one attached hydrogen (secondary N) is 1. The Labute approximate surface area is 115 Å². The van der Waals surface area contributed by atoms with Gasteiger partial charge in [-0.2, -0.15) is 0 Å². The third-order valence-electron chi connectivity index (χ3n) is 3.34. The summed E-state index contributed by atoms with van der Waals surface area (Å²) in [5, 5.41) is 3.25. The summed E-state index contributed by atoms with van der Waals surface area (Å²) in [7, 11) is 0. The van der Waals surface area contributed by atoms with Crippen molar-refractivity contribution in [2.45, 2.75) is 20.3 Å². The molecular weight excluding hydrogens is 248 g/mol. The van der Waals surface area contributed by atoms with Gasteiger partial charge in [-0.3, -0.25) is 4.79 Å². The number of anilines is 1. The first kappa shape index (κ1) is 15.0. The Morgan fingerprint density at radius 2 is 2.06 bits per heavy atom. The lowest BCUT2D eigenvalue weighted by Crippen LogP contribution is -2.37. The highest BCUT2D eigenvalue weighted by atomic mass is 35.5. The summed E-state index contributed by atoms with van der Waals surface area (Å²) >= 11 is 0. The van der Waals surface area contributed by atoms with Crippen LogP contribution in [0.3, 0.4) is 0 Å². The van der Waals surface area contributed by atoms with Gasteiger partial charge in [-0.25, -0.2) is 0 Å². The highest BCUT2D eigenvalue weighted by Gasteiger charge is 2.26. The fraction of sp³-hybridized carbons (Fsp3) is 0.500. The molecule has 1 atom stereocenters. The normalized spacial score (nSPS) is 18.2. The molecule has 0 radical (unpaired) electrons. The molecular formula is C14H21ClN2O. The molecule has 0 saturated carbocycles. The van der Waals surface area contributed by atoms with Gasteiger partial charge in [0.1, 0.15) is 0 Å². The number of amides is 1. The summed E-state index contributed by atoms with van der Waals surface area (Å²) in [6.45, 7) is 6.60. The summed E-state index contributed by atoms with van der Waals surface area (Å²) in [6, 6.07) is 8.16. The van der Waals surface area contributed by atoms with E-state index >= 15 is 0 Å². The summed E-state index contributed by atoms with van der Waals surface area (Å²) in [4.78, 5) is 14.2. The van der Waals surface area contributed by atoms with E-state index in [1.165, 1.54) is 5.56 Å². The average Bonchev–Trinajstić information content (AvgIpc) is 2.86. The molecule has 3 nitrogen and oxygen atoms in total. The highest BCUT2D eigenvalue weighted by Crippen LogP contribution is 2.19. The first-order valence-electron chi connectivity index (χ1n) is 6.31. The summed E-state index contributed by atoms with van der Waals surface area (Å²) in [5.74, 6) is 0.401. The fourth-order valence-electron chi connectivity index (χ4n) is 2.28. The molecule has 1 amide bonds. The number of carbonyl (C=O) groups is 1. The number of carbonyl (C=O) groups excluding carboxylic acids is 1. The van der Waals surface area contributed by atoms with E-state index in [2.05, 4.69) is 24.4 Å². The lowest BCUT2D eigenvalue weighted by molar-refractivity contribution is -0.121. The van der Waals surface area contributed by atoms with Crippen molar-refractivity contribution in [2.75, 3.05) is 24.5 Å². The quantitative estimate of drug-likeness (QED) is 0.913. The van der Waals surface area contributed by atoms with Gasteiger partial charge < -0.3 is 10.2 Å². The number of halogens is 1. The standard InChI is InChI=1S/C14H20N2O.ClH/c1-3-16(13-6-4-11(2)5-7-13)14(17)12-8-9-15-10-12;/h4-7,12,15H,3,8-10H2,1-2H3;1H. The van der Waals surface area contributed by atoms with E-state index in [0.717, 1.165) is 31.7 Å². The lowest BCUT2D eigenvalue weighted by atomic mass is 10.1. The van der Waals surface area contributed by atoms with Gasteiger partial charge in [0.2, 0.25) is 5.91 Å². The molecule has 1 aromatic rings. The predicted molar refractivity (Wildman–Crippen MR) is 77.4 cm³/mol. The van der Waals surface area contributed by atoms with Gasteiger partial charge in [-0.05, 0) is 38.9 Å².